The summed E-state index contributed by atoms with van der Waals surface area (Å²) in [5, 5.41) is 20.2. The Morgan fingerprint density at radius 3 is 2.52 bits per heavy atom. The van der Waals surface area contributed by atoms with Gasteiger partial charge in [0.05, 0.1) is 17.8 Å². The first-order valence-corrected chi connectivity index (χ1v) is 8.68. The number of hydrogen-bond donors (Lipinski definition) is 3. The van der Waals surface area contributed by atoms with Gasteiger partial charge in [-0.3, -0.25) is 4.68 Å². The van der Waals surface area contributed by atoms with Gasteiger partial charge in [0, 0.05) is 31.3 Å². The highest BCUT2D eigenvalue weighted by Crippen LogP contribution is 2.23. The van der Waals surface area contributed by atoms with E-state index in [1.807, 2.05) is 62.8 Å². The average Bonchev–Trinajstić information content (AvgIpc) is 2.84. The van der Waals surface area contributed by atoms with E-state index in [0.29, 0.717) is 6.42 Å². The number of carbonyl (C=O) groups is 1. The highest BCUT2D eigenvalue weighted by atomic mass is 16.3. The molecular formula is C19H28N4O2. The highest BCUT2D eigenvalue weighted by molar-refractivity contribution is 5.74. The van der Waals surface area contributed by atoms with E-state index in [4.69, 9.17) is 0 Å². The second-order valence-electron chi connectivity index (χ2n) is 6.37. The number of aliphatic hydroxyl groups excluding tert-OH is 1. The Bertz CT molecular complexity index is 697. The number of carbonyl (C=O) groups excluding carboxylic acids is 1. The summed E-state index contributed by atoms with van der Waals surface area (Å²) < 4.78 is 1.83. The molecule has 1 aromatic carbocycles. The molecule has 2 unspecified atom stereocenters. The third-order valence-corrected chi connectivity index (χ3v) is 4.44. The lowest BCUT2D eigenvalue weighted by atomic mass is 10.0. The minimum atomic E-state index is -0.616. The van der Waals surface area contributed by atoms with Gasteiger partial charge < -0.3 is 15.7 Å². The van der Waals surface area contributed by atoms with E-state index in [-0.39, 0.29) is 18.6 Å². The maximum atomic E-state index is 12.2. The van der Waals surface area contributed by atoms with Crippen molar-refractivity contribution in [2.45, 2.75) is 45.8 Å². The van der Waals surface area contributed by atoms with E-state index < -0.39 is 6.10 Å². The fourth-order valence-corrected chi connectivity index (χ4v) is 3.05. The largest absolute Gasteiger partial charge is 0.391 e. The molecule has 136 valence electrons. The van der Waals surface area contributed by atoms with E-state index in [1.165, 1.54) is 0 Å². The van der Waals surface area contributed by atoms with E-state index in [1.54, 1.807) is 0 Å². The second-order valence-corrected chi connectivity index (χ2v) is 6.37. The molecule has 0 saturated carbocycles. The zero-order chi connectivity index (χ0) is 18.4. The first kappa shape index (κ1) is 19.0. The molecule has 3 N–H and O–H groups in total. The Labute approximate surface area is 149 Å². The monoisotopic (exact) mass is 344 g/mol. The number of urea groups is 1. The van der Waals surface area contributed by atoms with Gasteiger partial charge in [-0.1, -0.05) is 37.3 Å². The summed E-state index contributed by atoms with van der Waals surface area (Å²) in [4.78, 5) is 12.2. The number of nitrogens with zero attached hydrogens (tertiary/aromatic N) is 2. The lowest BCUT2D eigenvalue weighted by molar-refractivity contribution is 0.170. The fourth-order valence-electron chi connectivity index (χ4n) is 3.05. The van der Waals surface area contributed by atoms with Crippen molar-refractivity contribution < 1.29 is 9.90 Å². The topological polar surface area (TPSA) is 79.2 Å². The minimum absolute atomic E-state index is 0.0973. The molecule has 0 fully saturated rings. The smallest absolute Gasteiger partial charge is 0.315 e. The van der Waals surface area contributed by atoms with Gasteiger partial charge in [-0.25, -0.2) is 4.79 Å². The molecule has 2 amide bonds. The van der Waals surface area contributed by atoms with Crippen molar-refractivity contribution in [1.29, 1.82) is 0 Å². The van der Waals surface area contributed by atoms with Crippen molar-refractivity contribution >= 4 is 6.03 Å². The molecule has 0 saturated heterocycles. The number of aromatic nitrogens is 2. The normalized spacial score (nSPS) is 13.3. The predicted molar refractivity (Wildman–Crippen MR) is 98.4 cm³/mol. The van der Waals surface area contributed by atoms with Gasteiger partial charge in [0.15, 0.2) is 0 Å². The van der Waals surface area contributed by atoms with Crippen LogP contribution in [0.5, 0.6) is 0 Å². The summed E-state index contributed by atoms with van der Waals surface area (Å²) in [5.41, 5.74) is 4.08. The molecule has 2 rings (SSSR count). The number of rotatable bonds is 7. The number of aryl methyl sites for hydroxylation is 2. The van der Waals surface area contributed by atoms with Crippen LogP contribution in [0.25, 0.3) is 0 Å². The first-order chi connectivity index (χ1) is 11.9. The molecule has 0 radical (unpaired) electrons. The Balaban J connectivity index is 1.88. The SMILES string of the molecule is CCC(NC(=O)NCC(O)Cc1ccccc1)c1c(C)nn(C)c1C. The molecule has 6 heteroatoms. The first-order valence-electron chi connectivity index (χ1n) is 8.68. The van der Waals surface area contributed by atoms with Gasteiger partial charge in [-0.05, 0) is 25.8 Å². The number of nitrogens with one attached hydrogen (secondary N) is 2. The van der Waals surface area contributed by atoms with E-state index in [9.17, 15) is 9.90 Å². The molecule has 0 aliphatic rings. The molecule has 2 atom stereocenters. The van der Waals surface area contributed by atoms with Crippen molar-refractivity contribution in [2.24, 2.45) is 7.05 Å². The van der Waals surface area contributed by atoms with Crippen LogP contribution in [-0.4, -0.2) is 33.6 Å². The van der Waals surface area contributed by atoms with Crippen molar-refractivity contribution in [3.05, 3.63) is 52.8 Å². The summed E-state index contributed by atoms with van der Waals surface area (Å²) in [6.45, 7) is 6.19. The Kier molecular flexibility index (Phi) is 6.58. The molecule has 0 bridgehead atoms. The molecule has 0 spiro atoms. The van der Waals surface area contributed by atoms with Gasteiger partial charge in [-0.15, -0.1) is 0 Å². The van der Waals surface area contributed by atoms with Crippen molar-refractivity contribution in [1.82, 2.24) is 20.4 Å². The van der Waals surface area contributed by atoms with Gasteiger partial charge in [0.1, 0.15) is 0 Å². The minimum Gasteiger partial charge on any atom is -0.391 e. The van der Waals surface area contributed by atoms with E-state index in [0.717, 1.165) is 28.9 Å². The Hall–Kier alpha value is -2.34. The van der Waals surface area contributed by atoms with E-state index >= 15 is 0 Å². The lowest BCUT2D eigenvalue weighted by Crippen LogP contribution is -2.42. The van der Waals surface area contributed by atoms with E-state index in [2.05, 4.69) is 15.7 Å². The van der Waals surface area contributed by atoms with Crippen LogP contribution in [0.15, 0.2) is 30.3 Å². The quantitative estimate of drug-likeness (QED) is 0.721. The van der Waals surface area contributed by atoms with Crippen LogP contribution in [0.2, 0.25) is 0 Å². The average molecular weight is 344 g/mol. The number of hydrogen-bond acceptors (Lipinski definition) is 3. The summed E-state index contributed by atoms with van der Waals surface area (Å²) in [6, 6.07) is 9.37. The zero-order valence-electron chi connectivity index (χ0n) is 15.4. The third-order valence-electron chi connectivity index (χ3n) is 4.44. The molecule has 2 aromatic rings. The molecule has 1 heterocycles. The van der Waals surface area contributed by atoms with Crippen molar-refractivity contribution in [3.8, 4) is 0 Å². The van der Waals surface area contributed by atoms with Gasteiger partial charge in [0.2, 0.25) is 0 Å². The maximum absolute atomic E-state index is 12.2. The fraction of sp³-hybridized carbons (Fsp3) is 0.474. The second kappa shape index (κ2) is 8.67. The standard InChI is InChI=1S/C19H28N4O2/c1-5-17(18-13(2)22-23(4)14(18)3)21-19(25)20-12-16(24)11-15-9-7-6-8-10-15/h6-10,16-17,24H,5,11-12H2,1-4H3,(H2,20,21,25). The number of amides is 2. The molecule has 0 aliphatic heterocycles. The highest BCUT2D eigenvalue weighted by Gasteiger charge is 2.20. The van der Waals surface area contributed by atoms with Crippen LogP contribution in [0, 0.1) is 13.8 Å². The number of benzene rings is 1. The summed E-state index contributed by atoms with van der Waals surface area (Å²) in [6.07, 6.45) is 0.669. The lowest BCUT2D eigenvalue weighted by Gasteiger charge is -2.19. The number of aliphatic hydroxyl groups is 1. The predicted octanol–water partition coefficient (Wildman–Crippen LogP) is 2.39. The van der Waals surface area contributed by atoms with Crippen molar-refractivity contribution in [2.75, 3.05) is 6.54 Å². The van der Waals surface area contributed by atoms with Crippen LogP contribution in [-0.2, 0) is 13.5 Å². The van der Waals surface area contributed by atoms with Gasteiger partial charge >= 0.3 is 6.03 Å². The van der Waals surface area contributed by atoms with Gasteiger partial charge in [0.25, 0.3) is 0 Å². The molecule has 6 nitrogen and oxygen atoms in total. The maximum Gasteiger partial charge on any atom is 0.315 e. The van der Waals surface area contributed by atoms with Crippen LogP contribution in [0.4, 0.5) is 4.79 Å². The molecule has 25 heavy (non-hydrogen) atoms. The van der Waals surface area contributed by atoms with Gasteiger partial charge in [-0.2, -0.15) is 5.10 Å². The molecule has 1 aromatic heterocycles. The molecule has 0 aliphatic carbocycles. The van der Waals surface area contributed by atoms with Crippen LogP contribution < -0.4 is 10.6 Å². The van der Waals surface area contributed by atoms with Crippen LogP contribution >= 0.6 is 0 Å². The van der Waals surface area contributed by atoms with Crippen molar-refractivity contribution in [3.63, 3.8) is 0 Å². The third kappa shape index (κ3) is 5.06. The Morgan fingerprint density at radius 1 is 1.28 bits per heavy atom. The Morgan fingerprint density at radius 2 is 1.96 bits per heavy atom. The summed E-state index contributed by atoms with van der Waals surface area (Å²) >= 11 is 0. The zero-order valence-corrected chi connectivity index (χ0v) is 15.4. The summed E-state index contributed by atoms with van der Waals surface area (Å²) in [7, 11) is 1.90. The molecular weight excluding hydrogens is 316 g/mol. The van der Waals surface area contributed by atoms with Crippen LogP contribution in [0.3, 0.4) is 0 Å². The summed E-state index contributed by atoms with van der Waals surface area (Å²) in [5.74, 6) is 0. The van der Waals surface area contributed by atoms with Crippen LogP contribution in [0.1, 0.15) is 41.9 Å².